The van der Waals surface area contributed by atoms with Crippen molar-refractivity contribution in [3.05, 3.63) is 40.1 Å². The third-order valence-electron chi connectivity index (χ3n) is 3.36. The molecule has 0 bridgehead atoms. The highest BCUT2D eigenvalue weighted by Gasteiger charge is 2.27. The Morgan fingerprint density at radius 2 is 2.38 bits per heavy atom. The molecule has 1 heterocycles. The topological polar surface area (TPSA) is 49.8 Å². The summed E-state index contributed by atoms with van der Waals surface area (Å²) >= 11 is 3.27. The summed E-state index contributed by atoms with van der Waals surface area (Å²) in [5.74, 6) is -0.603. The maximum absolute atomic E-state index is 13.6. The first kappa shape index (κ1) is 16.1. The summed E-state index contributed by atoms with van der Waals surface area (Å²) in [7, 11) is 0. The first-order chi connectivity index (χ1) is 10.0. The molecule has 1 saturated heterocycles. The second-order valence-electron chi connectivity index (χ2n) is 4.98. The fourth-order valence-corrected chi connectivity index (χ4v) is 2.51. The molecule has 1 aromatic rings. The lowest BCUT2D eigenvalue weighted by Gasteiger charge is -2.36. The molecule has 1 fully saturated rings. The molecule has 0 aromatic heterocycles. The molecule has 6 heteroatoms. The molecule has 4 nitrogen and oxygen atoms in total. The van der Waals surface area contributed by atoms with Crippen LogP contribution in [-0.4, -0.2) is 47.8 Å². The number of aliphatic hydroxyl groups excluding tert-OH is 1. The van der Waals surface area contributed by atoms with E-state index in [-0.39, 0.29) is 30.5 Å². The highest BCUT2D eigenvalue weighted by Crippen LogP contribution is 2.18. The minimum absolute atomic E-state index is 0.0719. The molecule has 0 spiro atoms. The van der Waals surface area contributed by atoms with E-state index in [0.717, 1.165) is 4.47 Å². The molecule has 1 amide bonds. The van der Waals surface area contributed by atoms with E-state index in [0.29, 0.717) is 18.7 Å². The number of amides is 1. The Morgan fingerprint density at radius 3 is 3.10 bits per heavy atom. The zero-order valence-electron chi connectivity index (χ0n) is 11.6. The average Bonchev–Trinajstić information content (AvgIpc) is 2.48. The summed E-state index contributed by atoms with van der Waals surface area (Å²) in [6.45, 7) is 2.47. The Labute approximate surface area is 131 Å². The number of nitrogens with zero attached hydrogens (tertiary/aromatic N) is 1. The number of carbonyl (C=O) groups is 1. The van der Waals surface area contributed by atoms with Crippen molar-refractivity contribution in [2.75, 3.05) is 19.8 Å². The van der Waals surface area contributed by atoms with Crippen LogP contribution in [0, 0.1) is 5.82 Å². The van der Waals surface area contributed by atoms with Crippen molar-refractivity contribution in [3.63, 3.8) is 0 Å². The molecule has 114 valence electrons. The molecule has 0 aliphatic carbocycles. The molecule has 2 unspecified atom stereocenters. The number of hydrogen-bond donors (Lipinski definition) is 1. The molecule has 21 heavy (non-hydrogen) atoms. The Hall–Kier alpha value is -1.24. The quantitative estimate of drug-likeness (QED) is 0.843. The monoisotopic (exact) mass is 357 g/mol. The molecule has 1 N–H and O–H groups in total. The molecule has 2 rings (SSSR count). The first-order valence-corrected chi connectivity index (χ1v) is 7.46. The van der Waals surface area contributed by atoms with Crippen LogP contribution in [0.2, 0.25) is 0 Å². The van der Waals surface area contributed by atoms with E-state index in [1.807, 2.05) is 6.92 Å². The van der Waals surface area contributed by atoms with Gasteiger partial charge in [0.05, 0.1) is 25.4 Å². The van der Waals surface area contributed by atoms with Gasteiger partial charge >= 0.3 is 0 Å². The summed E-state index contributed by atoms with van der Waals surface area (Å²) in [6, 6.07) is 4.48. The smallest absolute Gasteiger partial charge is 0.246 e. The van der Waals surface area contributed by atoms with Crippen LogP contribution in [0.3, 0.4) is 0 Å². The van der Waals surface area contributed by atoms with Crippen molar-refractivity contribution in [1.82, 2.24) is 4.90 Å². The number of morpholine rings is 1. The fourth-order valence-electron chi connectivity index (χ4n) is 2.13. The normalized spacial score (nSPS) is 22.8. The molecule has 0 saturated carbocycles. The number of ether oxygens (including phenoxy) is 1. The SMILES string of the molecule is CC1COC(CO)CN1C(=O)/C=C/c1cc(Br)ccc1F. The maximum Gasteiger partial charge on any atom is 0.246 e. The number of halogens is 2. The highest BCUT2D eigenvalue weighted by molar-refractivity contribution is 9.10. The minimum Gasteiger partial charge on any atom is -0.394 e. The molecular weight excluding hydrogens is 341 g/mol. The van der Waals surface area contributed by atoms with Gasteiger partial charge in [0.25, 0.3) is 0 Å². The predicted octanol–water partition coefficient (Wildman–Crippen LogP) is 2.21. The van der Waals surface area contributed by atoms with E-state index in [1.54, 1.807) is 17.0 Å². The lowest BCUT2D eigenvalue weighted by Crippen LogP contribution is -2.51. The number of aliphatic hydroxyl groups is 1. The van der Waals surface area contributed by atoms with Gasteiger partial charge in [0.15, 0.2) is 0 Å². The van der Waals surface area contributed by atoms with Gasteiger partial charge in [-0.25, -0.2) is 4.39 Å². The van der Waals surface area contributed by atoms with Gasteiger partial charge in [-0.2, -0.15) is 0 Å². The molecule has 1 aliphatic heterocycles. The van der Waals surface area contributed by atoms with Crippen LogP contribution in [0.5, 0.6) is 0 Å². The summed E-state index contributed by atoms with van der Waals surface area (Å²) < 4.78 is 19.7. The first-order valence-electron chi connectivity index (χ1n) is 6.67. The van der Waals surface area contributed by atoms with Crippen molar-refractivity contribution in [1.29, 1.82) is 0 Å². The minimum atomic E-state index is -0.384. The van der Waals surface area contributed by atoms with Crippen molar-refractivity contribution >= 4 is 27.9 Å². The summed E-state index contributed by atoms with van der Waals surface area (Å²) in [6.07, 6.45) is 2.45. The Balaban J connectivity index is 2.09. The van der Waals surface area contributed by atoms with Gasteiger partial charge in [-0.15, -0.1) is 0 Å². The maximum atomic E-state index is 13.6. The molecule has 1 aliphatic rings. The van der Waals surface area contributed by atoms with Crippen molar-refractivity contribution in [2.24, 2.45) is 0 Å². The van der Waals surface area contributed by atoms with Crippen LogP contribution in [0.4, 0.5) is 4.39 Å². The van der Waals surface area contributed by atoms with Gasteiger partial charge in [0.1, 0.15) is 5.82 Å². The highest BCUT2D eigenvalue weighted by atomic mass is 79.9. The van der Waals surface area contributed by atoms with Crippen LogP contribution in [0.15, 0.2) is 28.7 Å². The predicted molar refractivity (Wildman–Crippen MR) is 81.1 cm³/mol. The average molecular weight is 358 g/mol. The molecular formula is C15H17BrFNO3. The van der Waals surface area contributed by atoms with E-state index in [4.69, 9.17) is 9.84 Å². The van der Waals surface area contributed by atoms with Gasteiger partial charge < -0.3 is 14.7 Å². The second kappa shape index (κ2) is 7.15. The van der Waals surface area contributed by atoms with Gasteiger partial charge in [0.2, 0.25) is 5.91 Å². The van der Waals surface area contributed by atoms with E-state index < -0.39 is 0 Å². The second-order valence-corrected chi connectivity index (χ2v) is 5.89. The van der Waals surface area contributed by atoms with Crippen molar-refractivity contribution in [3.8, 4) is 0 Å². The van der Waals surface area contributed by atoms with E-state index in [1.165, 1.54) is 18.2 Å². The van der Waals surface area contributed by atoms with Crippen LogP contribution < -0.4 is 0 Å². The van der Waals surface area contributed by atoms with Gasteiger partial charge in [0, 0.05) is 22.7 Å². The van der Waals surface area contributed by atoms with Crippen LogP contribution >= 0.6 is 15.9 Å². The van der Waals surface area contributed by atoms with Crippen LogP contribution in [-0.2, 0) is 9.53 Å². The molecule has 1 aromatic carbocycles. The Bertz CT molecular complexity index is 550. The van der Waals surface area contributed by atoms with E-state index in [2.05, 4.69) is 15.9 Å². The summed E-state index contributed by atoms with van der Waals surface area (Å²) in [5.41, 5.74) is 0.345. The molecule has 0 radical (unpaired) electrons. The van der Waals surface area contributed by atoms with Gasteiger partial charge in [-0.05, 0) is 31.2 Å². The van der Waals surface area contributed by atoms with Crippen molar-refractivity contribution in [2.45, 2.75) is 19.1 Å². The fraction of sp³-hybridized carbons (Fsp3) is 0.400. The summed E-state index contributed by atoms with van der Waals surface area (Å²) in [4.78, 5) is 13.8. The zero-order valence-corrected chi connectivity index (χ0v) is 13.2. The third kappa shape index (κ3) is 4.12. The Kier molecular flexibility index (Phi) is 5.50. The van der Waals surface area contributed by atoms with E-state index >= 15 is 0 Å². The molecule has 2 atom stereocenters. The largest absolute Gasteiger partial charge is 0.394 e. The number of hydrogen-bond acceptors (Lipinski definition) is 3. The Morgan fingerprint density at radius 1 is 1.62 bits per heavy atom. The van der Waals surface area contributed by atoms with E-state index in [9.17, 15) is 9.18 Å². The summed E-state index contributed by atoms with van der Waals surface area (Å²) in [5, 5.41) is 9.12. The lowest BCUT2D eigenvalue weighted by molar-refractivity contribution is -0.140. The van der Waals surface area contributed by atoms with Crippen LogP contribution in [0.25, 0.3) is 6.08 Å². The number of benzene rings is 1. The van der Waals surface area contributed by atoms with Crippen molar-refractivity contribution < 1.29 is 19.0 Å². The standard InChI is InChI=1S/C15H17BrFNO3/c1-10-9-21-13(8-19)7-18(10)15(20)5-2-11-6-12(16)3-4-14(11)17/h2-6,10,13,19H,7-9H2,1H3/b5-2+. The van der Waals surface area contributed by atoms with Gasteiger partial charge in [-0.1, -0.05) is 15.9 Å². The van der Waals surface area contributed by atoms with Crippen LogP contribution in [0.1, 0.15) is 12.5 Å². The number of carbonyl (C=O) groups excluding carboxylic acids is 1. The lowest BCUT2D eigenvalue weighted by atomic mass is 10.1. The zero-order chi connectivity index (χ0) is 15.4. The van der Waals surface area contributed by atoms with Gasteiger partial charge in [-0.3, -0.25) is 4.79 Å². The number of rotatable bonds is 3. The third-order valence-corrected chi connectivity index (χ3v) is 3.85.